The second kappa shape index (κ2) is 14.2. The van der Waals surface area contributed by atoms with Crippen molar-refractivity contribution >= 4 is 29.8 Å². The van der Waals surface area contributed by atoms with Gasteiger partial charge in [-0.25, -0.2) is 0 Å². The Morgan fingerprint density at radius 1 is 0.525 bits per heavy atom. The number of rotatable bonds is 13. The molecule has 0 N–H and O–H groups in total. The molecule has 0 fully saturated rings. The van der Waals surface area contributed by atoms with Crippen molar-refractivity contribution in [2.75, 3.05) is 42.7 Å². The molecule has 208 valence electrons. The van der Waals surface area contributed by atoms with Gasteiger partial charge in [-0.3, -0.25) is 9.59 Å². The van der Waals surface area contributed by atoms with Crippen LogP contribution in [0.4, 0.5) is 0 Å². The van der Waals surface area contributed by atoms with Gasteiger partial charge in [0.25, 0.3) is 0 Å². The zero-order valence-electron chi connectivity index (χ0n) is 23.3. The summed E-state index contributed by atoms with van der Waals surface area (Å²) in [6.07, 6.45) is 7.30. The topological polar surface area (TPSA) is 89.5 Å². The highest BCUT2D eigenvalue weighted by atomic mass is 16.5. The normalized spacial score (nSPS) is 10.8. The molecule has 0 aromatic heterocycles. The van der Waals surface area contributed by atoms with Gasteiger partial charge in [0.2, 0.25) is 0 Å². The van der Waals surface area contributed by atoms with Crippen molar-refractivity contribution in [2.45, 2.75) is 0 Å². The summed E-state index contributed by atoms with van der Waals surface area (Å²) >= 11 is 0. The van der Waals surface area contributed by atoms with E-state index in [-0.39, 0.29) is 5.57 Å². The van der Waals surface area contributed by atoms with Crippen LogP contribution in [0.15, 0.2) is 72.3 Å². The Morgan fingerprint density at radius 3 is 1.40 bits per heavy atom. The van der Waals surface area contributed by atoms with Crippen molar-refractivity contribution in [3.8, 4) is 34.5 Å². The van der Waals surface area contributed by atoms with Crippen LogP contribution in [-0.4, -0.2) is 54.2 Å². The van der Waals surface area contributed by atoms with Crippen molar-refractivity contribution in [3.05, 3.63) is 89.0 Å². The van der Waals surface area contributed by atoms with Crippen molar-refractivity contribution in [1.29, 1.82) is 0 Å². The molecule has 0 saturated heterocycles. The van der Waals surface area contributed by atoms with Crippen molar-refractivity contribution in [3.63, 3.8) is 0 Å². The van der Waals surface area contributed by atoms with E-state index in [9.17, 15) is 9.59 Å². The van der Waals surface area contributed by atoms with Gasteiger partial charge in [0, 0.05) is 11.1 Å². The second-order valence-electron chi connectivity index (χ2n) is 8.28. The number of carbonyl (C=O) groups excluding carboxylic acids is 2. The summed E-state index contributed by atoms with van der Waals surface area (Å²) in [7, 11) is 9.20. The maximum atomic E-state index is 13.4. The molecular weight excluding hydrogens is 512 g/mol. The third-order valence-corrected chi connectivity index (χ3v) is 5.95. The molecule has 0 unspecified atom stereocenters. The molecule has 0 aliphatic heterocycles. The summed E-state index contributed by atoms with van der Waals surface area (Å²) in [6, 6.07) is 15.6. The van der Waals surface area contributed by atoms with Gasteiger partial charge < -0.3 is 28.4 Å². The summed E-state index contributed by atoms with van der Waals surface area (Å²) in [6.45, 7) is 0. The average Bonchev–Trinajstić information content (AvgIpc) is 3.00. The number of methoxy groups -OCH3 is 6. The van der Waals surface area contributed by atoms with Crippen molar-refractivity contribution in [2.24, 2.45) is 0 Å². The third kappa shape index (κ3) is 7.32. The lowest BCUT2D eigenvalue weighted by molar-refractivity contribution is -0.116. The van der Waals surface area contributed by atoms with Crippen LogP contribution in [0.25, 0.3) is 18.2 Å². The van der Waals surface area contributed by atoms with Crippen LogP contribution in [0, 0.1) is 0 Å². The van der Waals surface area contributed by atoms with E-state index >= 15 is 0 Å². The molecule has 3 aromatic rings. The second-order valence-corrected chi connectivity index (χ2v) is 8.28. The summed E-state index contributed by atoms with van der Waals surface area (Å²) in [5.74, 6) is 2.26. The number of hydrogen-bond acceptors (Lipinski definition) is 8. The van der Waals surface area contributed by atoms with E-state index in [1.807, 2.05) is 0 Å². The van der Waals surface area contributed by atoms with Crippen LogP contribution >= 0.6 is 0 Å². The minimum Gasteiger partial charge on any atom is -0.497 e. The average molecular weight is 545 g/mol. The maximum Gasteiger partial charge on any atom is 0.189 e. The molecule has 0 amide bonds. The van der Waals surface area contributed by atoms with Gasteiger partial charge in [-0.1, -0.05) is 6.07 Å². The maximum absolute atomic E-state index is 13.4. The lowest BCUT2D eigenvalue weighted by Crippen LogP contribution is -2.09. The molecule has 8 heteroatoms. The molecule has 3 rings (SSSR count). The zero-order chi connectivity index (χ0) is 29.1. The van der Waals surface area contributed by atoms with Crippen LogP contribution in [0.2, 0.25) is 0 Å². The largest absolute Gasteiger partial charge is 0.497 e. The number of allylic oxidation sites excluding steroid dienone is 3. The molecule has 3 aromatic carbocycles. The van der Waals surface area contributed by atoms with E-state index in [0.717, 1.165) is 0 Å². The Balaban J connectivity index is 2.05. The van der Waals surface area contributed by atoms with E-state index in [1.165, 1.54) is 46.7 Å². The van der Waals surface area contributed by atoms with Gasteiger partial charge in [-0.05, 0) is 84.5 Å². The lowest BCUT2D eigenvalue weighted by atomic mass is 10.00. The Morgan fingerprint density at radius 2 is 0.975 bits per heavy atom. The molecular formula is C32H32O8. The zero-order valence-corrected chi connectivity index (χ0v) is 23.3. The van der Waals surface area contributed by atoms with Gasteiger partial charge in [0.1, 0.15) is 23.0 Å². The van der Waals surface area contributed by atoms with E-state index in [1.54, 1.807) is 81.0 Å². The van der Waals surface area contributed by atoms with Gasteiger partial charge in [-0.15, -0.1) is 0 Å². The van der Waals surface area contributed by atoms with Crippen LogP contribution in [-0.2, 0) is 9.59 Å². The lowest BCUT2D eigenvalue weighted by Gasteiger charge is -2.09. The number of ketones is 2. The van der Waals surface area contributed by atoms with Crippen molar-refractivity contribution < 1.29 is 38.0 Å². The first kappa shape index (κ1) is 29.6. The first-order valence-electron chi connectivity index (χ1n) is 12.2. The molecule has 0 atom stereocenters. The first-order valence-corrected chi connectivity index (χ1v) is 12.2. The van der Waals surface area contributed by atoms with E-state index in [4.69, 9.17) is 28.4 Å². The fourth-order valence-corrected chi connectivity index (χ4v) is 3.82. The number of ether oxygens (including phenoxy) is 6. The predicted octanol–water partition coefficient (Wildman–Crippen LogP) is 5.69. The van der Waals surface area contributed by atoms with E-state index < -0.39 is 11.6 Å². The Bertz CT molecular complexity index is 1370. The standard InChI is InChI=1S/C32H32O8/c1-35-24-10-15-29(37-3)22(19-24)8-12-27(33)26(17-21-7-14-31(39-5)32(18-21)40-6)28(34)13-9-23-20-25(36-2)11-16-30(23)38-4/h7-20H,1-6H3/b12-8+,13-9+. The molecule has 40 heavy (non-hydrogen) atoms. The van der Waals surface area contributed by atoms with Gasteiger partial charge >= 0.3 is 0 Å². The summed E-state index contributed by atoms with van der Waals surface area (Å²) < 4.78 is 32.0. The van der Waals surface area contributed by atoms with Crippen LogP contribution in [0.1, 0.15) is 16.7 Å². The third-order valence-electron chi connectivity index (χ3n) is 5.95. The fraction of sp³-hybridized carbons (Fsp3) is 0.188. The Kier molecular flexibility index (Phi) is 10.5. The Labute approximate surface area is 234 Å². The van der Waals surface area contributed by atoms with Gasteiger partial charge in [0.15, 0.2) is 23.1 Å². The quantitative estimate of drug-likeness (QED) is 0.154. The molecule has 0 bridgehead atoms. The Hall–Kier alpha value is -4.98. The van der Waals surface area contributed by atoms with Crippen molar-refractivity contribution in [1.82, 2.24) is 0 Å². The smallest absolute Gasteiger partial charge is 0.189 e. The molecule has 8 nitrogen and oxygen atoms in total. The SMILES string of the molecule is COc1ccc(OC)c(/C=C/C(=O)C(=Cc2ccc(OC)c(OC)c2)C(=O)/C=C/c2cc(OC)ccc2OC)c1. The van der Waals surface area contributed by atoms with E-state index in [2.05, 4.69) is 0 Å². The molecule has 0 saturated carbocycles. The van der Waals surface area contributed by atoms with E-state index in [0.29, 0.717) is 51.2 Å². The summed E-state index contributed by atoms with van der Waals surface area (Å²) in [4.78, 5) is 26.9. The highest BCUT2D eigenvalue weighted by molar-refractivity contribution is 6.31. The minimum atomic E-state index is -0.507. The molecule has 0 heterocycles. The summed E-state index contributed by atoms with van der Waals surface area (Å²) in [5.41, 5.74) is 1.74. The fourth-order valence-electron chi connectivity index (χ4n) is 3.82. The van der Waals surface area contributed by atoms with Crippen LogP contribution in [0.5, 0.6) is 34.5 Å². The first-order chi connectivity index (χ1) is 19.4. The van der Waals surface area contributed by atoms with Gasteiger partial charge in [0.05, 0.1) is 48.2 Å². The number of hydrogen-bond donors (Lipinski definition) is 0. The molecule has 0 aliphatic rings. The van der Waals surface area contributed by atoms with Gasteiger partial charge in [-0.2, -0.15) is 0 Å². The minimum absolute atomic E-state index is 0.0663. The predicted molar refractivity (Wildman–Crippen MR) is 155 cm³/mol. The van der Waals surface area contributed by atoms with Crippen LogP contribution < -0.4 is 28.4 Å². The highest BCUT2D eigenvalue weighted by Crippen LogP contribution is 2.30. The summed E-state index contributed by atoms with van der Waals surface area (Å²) in [5, 5.41) is 0. The van der Waals surface area contributed by atoms with Crippen LogP contribution in [0.3, 0.4) is 0 Å². The molecule has 0 spiro atoms. The molecule has 0 aliphatic carbocycles. The monoisotopic (exact) mass is 544 g/mol. The number of carbonyl (C=O) groups is 2. The molecule has 0 radical (unpaired) electrons. The number of benzene rings is 3. The highest BCUT2D eigenvalue weighted by Gasteiger charge is 2.16.